The van der Waals surface area contributed by atoms with Crippen molar-refractivity contribution in [1.29, 1.82) is 0 Å². The molecule has 0 aliphatic rings. The molecule has 1 aromatic carbocycles. The summed E-state index contributed by atoms with van der Waals surface area (Å²) in [6, 6.07) is 6.15. The molecule has 1 aromatic rings. The van der Waals surface area contributed by atoms with Gasteiger partial charge < -0.3 is 9.64 Å². The first-order chi connectivity index (χ1) is 8.17. The van der Waals surface area contributed by atoms with Crippen LogP contribution in [0.1, 0.15) is 13.8 Å². The molecule has 0 saturated heterocycles. The van der Waals surface area contributed by atoms with Crippen LogP contribution >= 0.6 is 12.4 Å². The van der Waals surface area contributed by atoms with Crippen LogP contribution in [0, 0.1) is 10.1 Å². The lowest BCUT2D eigenvalue weighted by molar-refractivity contribution is -0.384. The van der Waals surface area contributed by atoms with Crippen LogP contribution in [0.2, 0.25) is 0 Å². The van der Waals surface area contributed by atoms with Gasteiger partial charge in [-0.1, -0.05) is 13.8 Å². The molecule has 6 heteroatoms. The standard InChI is InChI=1S/C12H18N2O3.ClH/c1-3-13(4-2)9-10-17-12-7-5-11(6-8-12)14(15)16;/h5-8H,3-4,9-10H2,1-2H3;1H. The number of non-ortho nitro benzene ring substituents is 1. The first-order valence-corrected chi connectivity index (χ1v) is 5.77. The molecule has 0 atom stereocenters. The zero-order valence-electron chi connectivity index (χ0n) is 10.7. The molecule has 0 aromatic heterocycles. The van der Waals surface area contributed by atoms with Crippen LogP contribution in [0.25, 0.3) is 0 Å². The fraction of sp³-hybridized carbons (Fsp3) is 0.500. The van der Waals surface area contributed by atoms with E-state index >= 15 is 0 Å². The van der Waals surface area contributed by atoms with Gasteiger partial charge in [0.05, 0.1) is 4.92 Å². The smallest absolute Gasteiger partial charge is 0.269 e. The Labute approximate surface area is 113 Å². The number of hydrogen-bond acceptors (Lipinski definition) is 4. The van der Waals surface area contributed by atoms with Crippen molar-refractivity contribution >= 4 is 18.1 Å². The Kier molecular flexibility index (Phi) is 8.07. The molecule has 0 unspecified atom stereocenters. The van der Waals surface area contributed by atoms with Crippen molar-refractivity contribution in [2.75, 3.05) is 26.2 Å². The predicted octanol–water partition coefficient (Wildman–Crippen LogP) is 2.74. The van der Waals surface area contributed by atoms with Gasteiger partial charge in [-0.2, -0.15) is 0 Å². The number of hydrogen-bond donors (Lipinski definition) is 0. The summed E-state index contributed by atoms with van der Waals surface area (Å²) >= 11 is 0. The Morgan fingerprint density at radius 3 is 2.22 bits per heavy atom. The summed E-state index contributed by atoms with van der Waals surface area (Å²) in [7, 11) is 0. The fourth-order valence-electron chi connectivity index (χ4n) is 1.50. The Balaban J connectivity index is 0.00000289. The Hall–Kier alpha value is -1.33. The normalized spacial score (nSPS) is 9.94. The van der Waals surface area contributed by atoms with Crippen LogP contribution < -0.4 is 4.74 Å². The largest absolute Gasteiger partial charge is 0.492 e. The first kappa shape index (κ1) is 16.7. The van der Waals surface area contributed by atoms with Gasteiger partial charge in [0.15, 0.2) is 0 Å². The number of halogens is 1. The van der Waals surface area contributed by atoms with Gasteiger partial charge in [0, 0.05) is 18.7 Å². The van der Waals surface area contributed by atoms with E-state index in [1.807, 2.05) is 0 Å². The van der Waals surface area contributed by atoms with Crippen LogP contribution in [0.5, 0.6) is 5.75 Å². The van der Waals surface area contributed by atoms with Crippen LogP contribution in [0.15, 0.2) is 24.3 Å². The third-order valence-electron chi connectivity index (χ3n) is 2.62. The average molecular weight is 275 g/mol. The molecule has 0 aliphatic carbocycles. The number of nitro groups is 1. The highest BCUT2D eigenvalue weighted by Crippen LogP contribution is 2.17. The minimum atomic E-state index is -0.417. The summed E-state index contributed by atoms with van der Waals surface area (Å²) in [4.78, 5) is 12.3. The zero-order chi connectivity index (χ0) is 12.7. The minimum Gasteiger partial charge on any atom is -0.492 e. The van der Waals surface area contributed by atoms with E-state index in [0.717, 1.165) is 19.6 Å². The second-order valence-electron chi connectivity index (χ2n) is 3.63. The number of benzene rings is 1. The molecule has 0 amide bonds. The van der Waals surface area contributed by atoms with Crippen molar-refractivity contribution in [2.45, 2.75) is 13.8 Å². The average Bonchev–Trinajstić information content (AvgIpc) is 2.35. The van der Waals surface area contributed by atoms with E-state index < -0.39 is 4.92 Å². The topological polar surface area (TPSA) is 55.6 Å². The number of nitrogens with zero attached hydrogens (tertiary/aromatic N) is 2. The van der Waals surface area contributed by atoms with Crippen LogP contribution in [-0.2, 0) is 0 Å². The summed E-state index contributed by atoms with van der Waals surface area (Å²) in [5.74, 6) is 0.669. The van der Waals surface area contributed by atoms with Gasteiger partial charge in [-0.15, -0.1) is 12.4 Å². The molecule has 1 rings (SSSR count). The highest BCUT2D eigenvalue weighted by molar-refractivity contribution is 5.85. The minimum absolute atomic E-state index is 0. The second kappa shape index (κ2) is 8.72. The lowest BCUT2D eigenvalue weighted by atomic mass is 10.3. The van der Waals surface area contributed by atoms with E-state index in [9.17, 15) is 10.1 Å². The number of nitro benzene ring substituents is 1. The molecule has 18 heavy (non-hydrogen) atoms. The lowest BCUT2D eigenvalue weighted by Gasteiger charge is -2.17. The van der Waals surface area contributed by atoms with Crippen LogP contribution in [-0.4, -0.2) is 36.1 Å². The highest BCUT2D eigenvalue weighted by atomic mass is 35.5. The number of rotatable bonds is 7. The predicted molar refractivity (Wildman–Crippen MR) is 73.6 cm³/mol. The van der Waals surface area contributed by atoms with Crippen LogP contribution in [0.3, 0.4) is 0 Å². The zero-order valence-corrected chi connectivity index (χ0v) is 11.5. The van der Waals surface area contributed by atoms with Gasteiger partial charge in [-0.25, -0.2) is 0 Å². The summed E-state index contributed by atoms with van der Waals surface area (Å²) in [6.45, 7) is 7.68. The van der Waals surface area contributed by atoms with Crippen molar-refractivity contribution in [2.24, 2.45) is 0 Å². The fourth-order valence-corrected chi connectivity index (χ4v) is 1.50. The Morgan fingerprint density at radius 2 is 1.78 bits per heavy atom. The summed E-state index contributed by atoms with van der Waals surface area (Å²) in [5.41, 5.74) is 0.0843. The molecule has 0 fully saturated rings. The monoisotopic (exact) mass is 274 g/mol. The van der Waals surface area contributed by atoms with Crippen molar-refractivity contribution in [3.8, 4) is 5.75 Å². The Bertz CT molecular complexity index is 353. The maximum atomic E-state index is 10.5. The van der Waals surface area contributed by atoms with Crippen molar-refractivity contribution < 1.29 is 9.66 Å². The molecule has 5 nitrogen and oxygen atoms in total. The number of likely N-dealkylation sites (N-methyl/N-ethyl adjacent to an activating group) is 1. The second-order valence-corrected chi connectivity index (χ2v) is 3.63. The maximum Gasteiger partial charge on any atom is 0.269 e. The highest BCUT2D eigenvalue weighted by Gasteiger charge is 2.04. The van der Waals surface area contributed by atoms with E-state index in [1.165, 1.54) is 12.1 Å². The lowest BCUT2D eigenvalue weighted by Crippen LogP contribution is -2.27. The van der Waals surface area contributed by atoms with Gasteiger partial charge in [0.2, 0.25) is 0 Å². The van der Waals surface area contributed by atoms with Crippen molar-refractivity contribution in [3.05, 3.63) is 34.4 Å². The van der Waals surface area contributed by atoms with Gasteiger partial charge in [-0.3, -0.25) is 10.1 Å². The van der Waals surface area contributed by atoms with E-state index in [0.29, 0.717) is 12.4 Å². The summed E-state index contributed by atoms with van der Waals surface area (Å²) < 4.78 is 5.51. The molecule has 0 spiro atoms. The summed E-state index contributed by atoms with van der Waals surface area (Å²) in [5, 5.41) is 10.5. The molecule has 0 aliphatic heterocycles. The molecule has 0 N–H and O–H groups in total. The molecule has 102 valence electrons. The van der Waals surface area contributed by atoms with Gasteiger partial charge in [0.25, 0.3) is 5.69 Å². The molecule has 0 heterocycles. The summed E-state index contributed by atoms with van der Waals surface area (Å²) in [6.07, 6.45) is 0. The van der Waals surface area contributed by atoms with E-state index in [2.05, 4.69) is 18.7 Å². The molecule has 0 saturated carbocycles. The maximum absolute atomic E-state index is 10.5. The number of ether oxygens (including phenoxy) is 1. The van der Waals surface area contributed by atoms with Crippen molar-refractivity contribution in [3.63, 3.8) is 0 Å². The SMILES string of the molecule is CCN(CC)CCOc1ccc([N+](=O)[O-])cc1.Cl. The third-order valence-corrected chi connectivity index (χ3v) is 2.62. The van der Waals surface area contributed by atoms with E-state index in [4.69, 9.17) is 4.74 Å². The Morgan fingerprint density at radius 1 is 1.22 bits per heavy atom. The third kappa shape index (κ3) is 5.33. The van der Waals surface area contributed by atoms with Gasteiger partial charge >= 0.3 is 0 Å². The molecule has 0 bridgehead atoms. The molecular weight excluding hydrogens is 256 g/mol. The van der Waals surface area contributed by atoms with Gasteiger partial charge in [-0.05, 0) is 25.2 Å². The van der Waals surface area contributed by atoms with E-state index in [-0.39, 0.29) is 18.1 Å². The van der Waals surface area contributed by atoms with Crippen molar-refractivity contribution in [1.82, 2.24) is 4.90 Å². The van der Waals surface area contributed by atoms with Gasteiger partial charge in [0.1, 0.15) is 12.4 Å². The molecular formula is C12H19ClN2O3. The quantitative estimate of drug-likeness (QED) is 0.567. The molecule has 0 radical (unpaired) electrons. The van der Waals surface area contributed by atoms with E-state index in [1.54, 1.807) is 12.1 Å². The van der Waals surface area contributed by atoms with Crippen LogP contribution in [0.4, 0.5) is 5.69 Å². The first-order valence-electron chi connectivity index (χ1n) is 5.77.